The summed E-state index contributed by atoms with van der Waals surface area (Å²) in [6.45, 7) is 2.59. The number of amides is 1. The van der Waals surface area contributed by atoms with Crippen molar-refractivity contribution >= 4 is 28.3 Å². The van der Waals surface area contributed by atoms with Crippen molar-refractivity contribution in [1.29, 1.82) is 0 Å². The molecule has 2 aromatic carbocycles. The molecule has 1 amide bonds. The van der Waals surface area contributed by atoms with Gasteiger partial charge in [0.25, 0.3) is 0 Å². The maximum Gasteiger partial charge on any atom is 0.240 e. The lowest BCUT2D eigenvalue weighted by atomic mass is 10.1. The summed E-state index contributed by atoms with van der Waals surface area (Å²) in [5.74, 6) is -0.714. The predicted molar refractivity (Wildman–Crippen MR) is 109 cm³/mol. The molecule has 3 N–H and O–H groups in total. The fraction of sp³-hybridized carbons (Fsp3) is 0.316. The van der Waals surface area contributed by atoms with E-state index in [-0.39, 0.29) is 42.2 Å². The van der Waals surface area contributed by atoms with Crippen LogP contribution in [0.1, 0.15) is 18.1 Å². The Morgan fingerprint density at radius 2 is 1.71 bits per heavy atom. The second kappa shape index (κ2) is 11.1. The molecule has 0 radical (unpaired) electrons. The summed E-state index contributed by atoms with van der Waals surface area (Å²) in [7, 11) is -1.98. The van der Waals surface area contributed by atoms with Gasteiger partial charge in [0.05, 0.1) is 4.90 Å². The molecule has 1 unspecified atom stereocenters. The summed E-state index contributed by atoms with van der Waals surface area (Å²) < 4.78 is 40.6. The normalized spacial score (nSPS) is 12.1. The van der Waals surface area contributed by atoms with Crippen LogP contribution in [0.3, 0.4) is 0 Å². The Hall–Kier alpha value is -2.00. The summed E-state index contributed by atoms with van der Waals surface area (Å²) >= 11 is 0. The number of hydrogen-bond donors (Lipinski definition) is 3. The van der Waals surface area contributed by atoms with Gasteiger partial charge in [-0.3, -0.25) is 4.79 Å². The van der Waals surface area contributed by atoms with Gasteiger partial charge in [-0.1, -0.05) is 31.2 Å². The first-order chi connectivity index (χ1) is 12.8. The summed E-state index contributed by atoms with van der Waals surface area (Å²) in [6.07, 6.45) is 0. The third-order valence-electron chi connectivity index (χ3n) is 3.99. The predicted octanol–water partition coefficient (Wildman–Crippen LogP) is 2.20. The fourth-order valence-corrected chi connectivity index (χ4v) is 3.58. The van der Waals surface area contributed by atoms with E-state index < -0.39 is 15.8 Å². The molecule has 6 nitrogen and oxygen atoms in total. The molecule has 9 heteroatoms. The molecule has 0 fully saturated rings. The molecule has 0 aliphatic heterocycles. The van der Waals surface area contributed by atoms with Gasteiger partial charge in [-0.25, -0.2) is 17.5 Å². The largest absolute Gasteiger partial charge is 0.352 e. The number of hydrogen-bond acceptors (Lipinski definition) is 4. The summed E-state index contributed by atoms with van der Waals surface area (Å²) in [4.78, 5) is 12.1. The molecule has 2 rings (SSSR count). The van der Waals surface area contributed by atoms with Gasteiger partial charge >= 0.3 is 0 Å². The van der Waals surface area contributed by atoms with Gasteiger partial charge in [0.15, 0.2) is 0 Å². The highest BCUT2D eigenvalue weighted by atomic mass is 35.5. The molecule has 2 aromatic rings. The van der Waals surface area contributed by atoms with Crippen LogP contribution in [0.4, 0.5) is 4.39 Å². The second-order valence-corrected chi connectivity index (χ2v) is 8.05. The molecule has 28 heavy (non-hydrogen) atoms. The molecule has 0 bridgehead atoms. The quantitative estimate of drug-likeness (QED) is 0.570. The molecule has 0 saturated heterocycles. The highest BCUT2D eigenvalue weighted by Crippen LogP contribution is 2.13. The Labute approximate surface area is 171 Å². The molecule has 154 valence electrons. The number of carbonyl (C=O) groups excluding carboxylic acids is 1. The Kier molecular flexibility index (Phi) is 9.54. The van der Waals surface area contributed by atoms with Crippen LogP contribution in [0.25, 0.3) is 0 Å². The van der Waals surface area contributed by atoms with E-state index in [1.807, 2.05) is 6.92 Å². The highest BCUT2D eigenvalue weighted by molar-refractivity contribution is 7.89. The number of carbonyl (C=O) groups is 1. The molecular weight excluding hydrogens is 405 g/mol. The second-order valence-electron chi connectivity index (χ2n) is 6.28. The van der Waals surface area contributed by atoms with Gasteiger partial charge in [0, 0.05) is 25.6 Å². The van der Waals surface area contributed by atoms with E-state index in [2.05, 4.69) is 15.4 Å². The Morgan fingerprint density at radius 3 is 2.36 bits per heavy atom. The van der Waals surface area contributed by atoms with Crippen LogP contribution in [0, 0.1) is 11.7 Å². The maximum absolute atomic E-state index is 13.2. The van der Waals surface area contributed by atoms with Gasteiger partial charge in [-0.05, 0) is 42.4 Å². The number of halogens is 2. The van der Waals surface area contributed by atoms with Crippen molar-refractivity contribution in [2.45, 2.75) is 24.9 Å². The van der Waals surface area contributed by atoms with Crippen molar-refractivity contribution in [2.24, 2.45) is 5.92 Å². The third-order valence-corrected chi connectivity index (χ3v) is 5.39. The van der Waals surface area contributed by atoms with Gasteiger partial charge in [0.1, 0.15) is 5.82 Å². The van der Waals surface area contributed by atoms with E-state index >= 15 is 0 Å². The van der Waals surface area contributed by atoms with Crippen molar-refractivity contribution in [3.8, 4) is 0 Å². The van der Waals surface area contributed by atoms with Crippen molar-refractivity contribution in [2.75, 3.05) is 13.6 Å². The zero-order chi connectivity index (χ0) is 19.9. The van der Waals surface area contributed by atoms with Crippen LogP contribution in [0.2, 0.25) is 0 Å². The van der Waals surface area contributed by atoms with E-state index in [1.54, 1.807) is 25.2 Å². The maximum atomic E-state index is 13.2. The van der Waals surface area contributed by atoms with Crippen LogP contribution < -0.4 is 15.4 Å². The minimum atomic E-state index is -3.75. The highest BCUT2D eigenvalue weighted by Gasteiger charge is 2.15. The van der Waals surface area contributed by atoms with Crippen LogP contribution >= 0.6 is 12.4 Å². The molecule has 0 aliphatic rings. The molecular formula is C19H25ClFN3O3S. The summed E-state index contributed by atoms with van der Waals surface area (Å²) in [6, 6.07) is 12.1. The zero-order valence-electron chi connectivity index (χ0n) is 15.7. The SMILES string of the molecule is CNCC(C)C(=O)NCc1cccc(S(=O)(=O)NCc2cccc(F)c2)c1.Cl. The topological polar surface area (TPSA) is 87.3 Å². The minimum absolute atomic E-state index is 0. The fourth-order valence-electron chi connectivity index (χ4n) is 2.49. The van der Waals surface area contributed by atoms with Gasteiger partial charge in [-0.2, -0.15) is 0 Å². The smallest absolute Gasteiger partial charge is 0.240 e. The average molecular weight is 430 g/mol. The number of nitrogens with one attached hydrogen (secondary N) is 3. The molecule has 0 aromatic heterocycles. The number of benzene rings is 2. The van der Waals surface area contributed by atoms with E-state index in [0.717, 1.165) is 0 Å². The number of rotatable bonds is 9. The van der Waals surface area contributed by atoms with Crippen molar-refractivity contribution in [3.63, 3.8) is 0 Å². The molecule has 0 heterocycles. The average Bonchev–Trinajstić information content (AvgIpc) is 2.65. The van der Waals surface area contributed by atoms with Crippen molar-refractivity contribution in [1.82, 2.24) is 15.4 Å². The minimum Gasteiger partial charge on any atom is -0.352 e. The number of sulfonamides is 1. The first kappa shape index (κ1) is 24.0. The van der Waals surface area contributed by atoms with Gasteiger partial charge < -0.3 is 10.6 Å². The third kappa shape index (κ3) is 7.20. The first-order valence-corrected chi connectivity index (χ1v) is 10.1. The van der Waals surface area contributed by atoms with Crippen LogP contribution in [-0.4, -0.2) is 27.9 Å². The Morgan fingerprint density at radius 1 is 1.07 bits per heavy atom. The van der Waals surface area contributed by atoms with E-state index in [4.69, 9.17) is 0 Å². The Balaban J connectivity index is 0.00000392. The molecule has 0 aliphatic carbocycles. The molecule has 1 atom stereocenters. The summed E-state index contributed by atoms with van der Waals surface area (Å²) in [5.41, 5.74) is 1.20. The molecule has 0 spiro atoms. The lowest BCUT2D eigenvalue weighted by molar-refractivity contribution is -0.124. The molecule has 0 saturated carbocycles. The van der Waals surface area contributed by atoms with E-state index in [9.17, 15) is 17.6 Å². The monoisotopic (exact) mass is 429 g/mol. The Bertz CT molecular complexity index is 893. The van der Waals surface area contributed by atoms with Crippen LogP contribution in [0.5, 0.6) is 0 Å². The lowest BCUT2D eigenvalue weighted by Gasteiger charge is -2.12. The van der Waals surface area contributed by atoms with Crippen molar-refractivity contribution in [3.05, 3.63) is 65.5 Å². The zero-order valence-corrected chi connectivity index (χ0v) is 17.4. The van der Waals surface area contributed by atoms with Crippen molar-refractivity contribution < 1.29 is 17.6 Å². The lowest BCUT2D eigenvalue weighted by Crippen LogP contribution is -2.33. The standard InChI is InChI=1S/C19H24FN3O3S.ClH/c1-14(11-21-2)19(24)22-12-16-6-4-8-18(10-16)27(25,26)23-13-15-5-3-7-17(20)9-15;/h3-10,14,21,23H,11-13H2,1-2H3,(H,22,24);1H. The van der Waals surface area contributed by atoms with E-state index in [1.165, 1.54) is 30.3 Å². The first-order valence-electron chi connectivity index (χ1n) is 8.57. The van der Waals surface area contributed by atoms with Gasteiger partial charge in [0.2, 0.25) is 15.9 Å². The van der Waals surface area contributed by atoms with Crippen LogP contribution in [-0.2, 0) is 27.9 Å². The van der Waals surface area contributed by atoms with Crippen LogP contribution in [0.15, 0.2) is 53.4 Å². The summed E-state index contributed by atoms with van der Waals surface area (Å²) in [5, 5.41) is 5.73. The van der Waals surface area contributed by atoms with Gasteiger partial charge in [-0.15, -0.1) is 12.4 Å². The van der Waals surface area contributed by atoms with E-state index in [0.29, 0.717) is 17.7 Å².